The van der Waals surface area contributed by atoms with Gasteiger partial charge >= 0.3 is 0 Å². The van der Waals surface area contributed by atoms with E-state index in [0.717, 1.165) is 19.3 Å². The molecule has 0 aromatic carbocycles. The largest absolute Gasteiger partial charge is 0.396 e. The van der Waals surface area contributed by atoms with Crippen LogP contribution in [0.1, 0.15) is 329 Å². The van der Waals surface area contributed by atoms with Crippen molar-refractivity contribution in [2.24, 2.45) is 0 Å². The summed E-state index contributed by atoms with van der Waals surface area (Å²) in [7, 11) is 0. The number of unbranched alkanes of at least 4 members (excludes halogenated alkanes) is 45. The Kier molecular flexibility index (Phi) is 69.8. The highest BCUT2D eigenvalue weighted by molar-refractivity contribution is 4.52. The number of aliphatic hydroxyl groups excluding tert-OH is 3. The number of hydrogen-bond acceptors (Lipinski definition) is 3. The fourth-order valence-electron chi connectivity index (χ4n) is 7.98. The number of rotatable bonds is 48. The van der Waals surface area contributed by atoms with Crippen molar-refractivity contribution in [2.45, 2.75) is 329 Å². The third-order valence-corrected chi connectivity index (χ3v) is 12.0. The third kappa shape index (κ3) is 70.8. The first-order chi connectivity index (χ1) is 28.2. The van der Waals surface area contributed by atoms with Gasteiger partial charge in [0.1, 0.15) is 0 Å². The Hall–Kier alpha value is -0.120. The first-order valence-electron chi connectivity index (χ1n) is 27.1. The summed E-state index contributed by atoms with van der Waals surface area (Å²) in [6.07, 6.45) is 66.5. The lowest BCUT2D eigenvalue weighted by atomic mass is 10.0. The van der Waals surface area contributed by atoms with Crippen molar-refractivity contribution in [1.29, 1.82) is 0 Å². The van der Waals surface area contributed by atoms with E-state index >= 15 is 0 Å². The van der Waals surface area contributed by atoms with Crippen LogP contribution in [0.25, 0.3) is 0 Å². The van der Waals surface area contributed by atoms with E-state index < -0.39 is 0 Å². The maximum atomic E-state index is 8.69. The molecule has 0 saturated carbocycles. The predicted molar refractivity (Wildman–Crippen MR) is 260 cm³/mol. The van der Waals surface area contributed by atoms with E-state index in [9.17, 15) is 0 Å². The monoisotopic (exact) mass is 811 g/mol. The van der Waals surface area contributed by atoms with Crippen molar-refractivity contribution in [3.05, 3.63) is 0 Å². The molecule has 0 rings (SSSR count). The SMILES string of the molecule is CCCCCCCCCCCCCCCCCCCCO.CCCCCCCCCCCCCCCCCCO.CCCCCCCCCCCCCCCCO. The standard InChI is InChI=1S/C20H42O.C18H38O.C16H34O/c1-2-3-4-5-6-7-8-9-10-11-12-13-14-15-16-17-18-19-20-21;1-2-3-4-5-6-7-8-9-10-11-12-13-14-15-16-17-18-19;1-2-3-4-5-6-7-8-9-10-11-12-13-14-15-16-17/h21H,2-20H2,1H3;19H,2-18H2,1H3;17H,2-16H2,1H3. The van der Waals surface area contributed by atoms with Gasteiger partial charge in [-0.1, -0.05) is 310 Å². The van der Waals surface area contributed by atoms with Gasteiger partial charge in [-0.15, -0.1) is 0 Å². The molecule has 57 heavy (non-hydrogen) atoms. The summed E-state index contributed by atoms with van der Waals surface area (Å²) in [4.78, 5) is 0. The van der Waals surface area contributed by atoms with Crippen LogP contribution in [0.5, 0.6) is 0 Å². The molecular weight excluding hydrogens is 697 g/mol. The molecule has 0 atom stereocenters. The number of hydrogen-bond donors (Lipinski definition) is 3. The Bertz CT molecular complexity index is 548. The summed E-state index contributed by atoms with van der Waals surface area (Å²) in [5.41, 5.74) is 0. The molecule has 0 bridgehead atoms. The van der Waals surface area contributed by atoms with Gasteiger partial charge in [0.15, 0.2) is 0 Å². The molecule has 3 nitrogen and oxygen atoms in total. The molecule has 348 valence electrons. The molecule has 0 unspecified atom stereocenters. The fourth-order valence-corrected chi connectivity index (χ4v) is 7.98. The first-order valence-corrected chi connectivity index (χ1v) is 27.1. The minimum atomic E-state index is 0.373. The lowest BCUT2D eigenvalue weighted by Gasteiger charge is -2.03. The van der Waals surface area contributed by atoms with E-state index in [4.69, 9.17) is 15.3 Å². The zero-order chi connectivity index (χ0) is 42.1. The molecule has 0 saturated heterocycles. The fraction of sp³-hybridized carbons (Fsp3) is 1.00. The second-order valence-corrected chi connectivity index (χ2v) is 18.1. The summed E-state index contributed by atoms with van der Waals surface area (Å²) >= 11 is 0. The lowest BCUT2D eigenvalue weighted by Crippen LogP contribution is -1.85. The predicted octanol–water partition coefficient (Wildman–Crippen LogP) is 18.7. The number of aliphatic hydroxyl groups is 3. The Morgan fingerprint density at radius 1 is 0.140 bits per heavy atom. The van der Waals surface area contributed by atoms with Crippen molar-refractivity contribution in [1.82, 2.24) is 0 Å². The highest BCUT2D eigenvalue weighted by Crippen LogP contribution is 2.16. The molecule has 0 heterocycles. The molecule has 0 aliphatic heterocycles. The quantitative estimate of drug-likeness (QED) is 0.0537. The summed E-state index contributed by atoms with van der Waals surface area (Å²) in [5.74, 6) is 0. The Morgan fingerprint density at radius 2 is 0.228 bits per heavy atom. The zero-order valence-corrected chi connectivity index (χ0v) is 40.4. The summed E-state index contributed by atoms with van der Waals surface area (Å²) in [5, 5.41) is 26.0. The maximum absolute atomic E-state index is 8.69. The van der Waals surface area contributed by atoms with Crippen LogP contribution < -0.4 is 0 Å². The molecule has 0 aliphatic carbocycles. The van der Waals surface area contributed by atoms with Crippen molar-refractivity contribution >= 4 is 0 Å². The molecule has 0 fully saturated rings. The van der Waals surface area contributed by atoms with Crippen molar-refractivity contribution < 1.29 is 15.3 Å². The second-order valence-electron chi connectivity index (χ2n) is 18.1. The van der Waals surface area contributed by atoms with E-state index in [1.807, 2.05) is 0 Å². The van der Waals surface area contributed by atoms with E-state index in [0.29, 0.717) is 19.8 Å². The van der Waals surface area contributed by atoms with Crippen LogP contribution in [0.3, 0.4) is 0 Å². The highest BCUT2D eigenvalue weighted by Gasteiger charge is 1.97. The van der Waals surface area contributed by atoms with Crippen LogP contribution >= 0.6 is 0 Å². The van der Waals surface area contributed by atoms with E-state index in [1.165, 1.54) is 289 Å². The van der Waals surface area contributed by atoms with Crippen molar-refractivity contribution in [3.63, 3.8) is 0 Å². The average Bonchev–Trinajstić information content (AvgIpc) is 3.23. The van der Waals surface area contributed by atoms with Gasteiger partial charge in [0.2, 0.25) is 0 Å². The molecule has 3 N–H and O–H groups in total. The Morgan fingerprint density at radius 3 is 0.316 bits per heavy atom. The first kappa shape index (κ1) is 61.2. The van der Waals surface area contributed by atoms with Crippen LogP contribution in [0.2, 0.25) is 0 Å². The van der Waals surface area contributed by atoms with Crippen LogP contribution in [-0.2, 0) is 0 Å². The van der Waals surface area contributed by atoms with Crippen LogP contribution in [0.15, 0.2) is 0 Å². The lowest BCUT2D eigenvalue weighted by molar-refractivity contribution is 0.282. The second kappa shape index (κ2) is 65.0. The molecule has 0 radical (unpaired) electrons. The van der Waals surface area contributed by atoms with Gasteiger partial charge in [-0.2, -0.15) is 0 Å². The smallest absolute Gasteiger partial charge is 0.0431 e. The molecule has 0 spiro atoms. The summed E-state index contributed by atoms with van der Waals surface area (Å²) in [6.45, 7) is 7.97. The van der Waals surface area contributed by atoms with E-state index in [2.05, 4.69) is 20.8 Å². The van der Waals surface area contributed by atoms with E-state index in [1.54, 1.807) is 0 Å². The van der Waals surface area contributed by atoms with Gasteiger partial charge in [-0.05, 0) is 19.3 Å². The summed E-state index contributed by atoms with van der Waals surface area (Å²) in [6, 6.07) is 0. The Balaban J connectivity index is -0.000000772. The van der Waals surface area contributed by atoms with Crippen LogP contribution in [0, 0.1) is 0 Å². The van der Waals surface area contributed by atoms with E-state index in [-0.39, 0.29) is 0 Å². The molecular formula is C54H114O3. The minimum absolute atomic E-state index is 0.373. The molecule has 0 aromatic heterocycles. The molecule has 0 aliphatic rings. The minimum Gasteiger partial charge on any atom is -0.396 e. The van der Waals surface area contributed by atoms with Gasteiger partial charge < -0.3 is 15.3 Å². The van der Waals surface area contributed by atoms with Gasteiger partial charge in [0, 0.05) is 19.8 Å². The van der Waals surface area contributed by atoms with Gasteiger partial charge in [-0.25, -0.2) is 0 Å². The highest BCUT2D eigenvalue weighted by atomic mass is 16.3. The van der Waals surface area contributed by atoms with Crippen molar-refractivity contribution in [2.75, 3.05) is 19.8 Å². The topological polar surface area (TPSA) is 60.7 Å². The van der Waals surface area contributed by atoms with Gasteiger partial charge in [0.25, 0.3) is 0 Å². The van der Waals surface area contributed by atoms with Crippen LogP contribution in [0.4, 0.5) is 0 Å². The van der Waals surface area contributed by atoms with Gasteiger partial charge in [0.05, 0.1) is 0 Å². The normalized spacial score (nSPS) is 11.1. The summed E-state index contributed by atoms with van der Waals surface area (Å²) < 4.78 is 0. The zero-order valence-electron chi connectivity index (χ0n) is 40.4. The Labute approximate surface area is 362 Å². The third-order valence-electron chi connectivity index (χ3n) is 12.0. The molecule has 0 amide bonds. The molecule has 0 aromatic rings. The van der Waals surface area contributed by atoms with Crippen molar-refractivity contribution in [3.8, 4) is 0 Å². The maximum Gasteiger partial charge on any atom is 0.0431 e. The van der Waals surface area contributed by atoms with Gasteiger partial charge in [-0.3, -0.25) is 0 Å². The molecule has 3 heteroatoms. The van der Waals surface area contributed by atoms with Crippen LogP contribution in [-0.4, -0.2) is 35.1 Å². The average molecular weight is 812 g/mol.